The highest BCUT2D eigenvalue weighted by atomic mass is 16.6. The van der Waals surface area contributed by atoms with E-state index in [-0.39, 0.29) is 29.2 Å². The van der Waals surface area contributed by atoms with Gasteiger partial charge in [-0.1, -0.05) is 13.8 Å². The van der Waals surface area contributed by atoms with Crippen LogP contribution in [0.3, 0.4) is 0 Å². The number of carboxylic acids is 1. The zero-order valence-corrected chi connectivity index (χ0v) is 12.0. The van der Waals surface area contributed by atoms with E-state index in [1.54, 1.807) is 0 Å². The summed E-state index contributed by atoms with van der Waals surface area (Å²) in [6, 6.07) is 2.22. The molecule has 0 bridgehead atoms. The number of aliphatic hydroxyl groups is 1. The van der Waals surface area contributed by atoms with Gasteiger partial charge in [-0.3, -0.25) is 10.1 Å². The fraction of sp³-hybridized carbons (Fsp3) is 0.538. The third kappa shape index (κ3) is 4.99. The summed E-state index contributed by atoms with van der Waals surface area (Å²) in [4.78, 5) is 25.0. The second kappa shape index (κ2) is 6.98. The van der Waals surface area contributed by atoms with Crippen molar-refractivity contribution in [1.29, 1.82) is 0 Å². The second-order valence-electron chi connectivity index (χ2n) is 5.47. The summed E-state index contributed by atoms with van der Waals surface area (Å²) in [5.74, 6) is -1.30. The molecular formula is C13H19N3O5. The Morgan fingerprint density at radius 3 is 2.67 bits per heavy atom. The summed E-state index contributed by atoms with van der Waals surface area (Å²) in [6.45, 7) is 4.35. The molecule has 8 nitrogen and oxygen atoms in total. The third-order valence-electron chi connectivity index (χ3n) is 3.04. The number of aliphatic hydroxyl groups excluding tert-OH is 1. The van der Waals surface area contributed by atoms with E-state index in [2.05, 4.69) is 10.3 Å². The van der Waals surface area contributed by atoms with Gasteiger partial charge >= 0.3 is 11.7 Å². The number of hydrogen-bond acceptors (Lipinski definition) is 6. The van der Waals surface area contributed by atoms with Crippen LogP contribution in [0.4, 0.5) is 11.5 Å². The first-order valence-corrected chi connectivity index (χ1v) is 6.50. The Hall–Kier alpha value is -2.22. The minimum absolute atomic E-state index is 0.0584. The Balaban J connectivity index is 2.92. The molecule has 0 fully saturated rings. The molecule has 1 aromatic heterocycles. The third-order valence-corrected chi connectivity index (χ3v) is 3.04. The molecule has 0 spiro atoms. The largest absolute Gasteiger partial charge is 0.477 e. The molecule has 0 aliphatic carbocycles. The highest BCUT2D eigenvalue weighted by molar-refractivity contribution is 5.86. The number of carbonyl (C=O) groups is 1. The first-order valence-electron chi connectivity index (χ1n) is 6.50. The van der Waals surface area contributed by atoms with Crippen LogP contribution in [0.2, 0.25) is 0 Å². The lowest BCUT2D eigenvalue weighted by atomic mass is 9.88. The van der Waals surface area contributed by atoms with Crippen molar-refractivity contribution < 1.29 is 19.9 Å². The van der Waals surface area contributed by atoms with Crippen molar-refractivity contribution >= 4 is 17.5 Å². The van der Waals surface area contributed by atoms with Gasteiger partial charge < -0.3 is 15.5 Å². The van der Waals surface area contributed by atoms with Crippen LogP contribution in [0.15, 0.2) is 12.1 Å². The molecule has 0 saturated carbocycles. The number of nitrogens with zero attached hydrogens (tertiary/aromatic N) is 2. The smallest absolute Gasteiger partial charge is 0.354 e. The van der Waals surface area contributed by atoms with E-state index >= 15 is 0 Å². The quantitative estimate of drug-likeness (QED) is 0.494. The van der Waals surface area contributed by atoms with Crippen LogP contribution in [0.1, 0.15) is 37.2 Å². The minimum atomic E-state index is -1.24. The molecule has 0 atom stereocenters. The molecule has 21 heavy (non-hydrogen) atoms. The average molecular weight is 297 g/mol. The minimum Gasteiger partial charge on any atom is -0.477 e. The number of nitro groups is 1. The monoisotopic (exact) mass is 297 g/mol. The van der Waals surface area contributed by atoms with Crippen molar-refractivity contribution in [2.75, 3.05) is 18.5 Å². The van der Waals surface area contributed by atoms with Gasteiger partial charge in [0.15, 0.2) is 5.69 Å². The lowest BCUT2D eigenvalue weighted by molar-refractivity contribution is -0.384. The normalized spacial score (nSPS) is 11.2. The van der Waals surface area contributed by atoms with Gasteiger partial charge in [-0.2, -0.15) is 0 Å². The topological polar surface area (TPSA) is 126 Å². The van der Waals surface area contributed by atoms with E-state index in [0.29, 0.717) is 13.0 Å². The summed E-state index contributed by atoms with van der Waals surface area (Å²) in [5.41, 5.74) is -0.730. The Labute approximate surface area is 122 Å². The predicted molar refractivity (Wildman–Crippen MR) is 76.4 cm³/mol. The highest BCUT2D eigenvalue weighted by Crippen LogP contribution is 2.26. The first kappa shape index (κ1) is 16.8. The van der Waals surface area contributed by atoms with Crippen molar-refractivity contribution in [1.82, 2.24) is 4.98 Å². The van der Waals surface area contributed by atoms with E-state index in [1.165, 1.54) is 0 Å². The van der Waals surface area contributed by atoms with Gasteiger partial charge in [0.05, 0.1) is 4.92 Å². The lowest BCUT2D eigenvalue weighted by Gasteiger charge is -2.24. The Morgan fingerprint density at radius 1 is 1.48 bits per heavy atom. The first-order chi connectivity index (χ1) is 9.76. The number of aromatic carboxylic acids is 1. The van der Waals surface area contributed by atoms with E-state index in [4.69, 9.17) is 10.2 Å². The summed E-state index contributed by atoms with van der Waals surface area (Å²) >= 11 is 0. The van der Waals surface area contributed by atoms with Gasteiger partial charge in [-0.05, 0) is 24.3 Å². The van der Waals surface area contributed by atoms with Gasteiger partial charge in [-0.25, -0.2) is 9.78 Å². The molecule has 0 radical (unpaired) electrons. The summed E-state index contributed by atoms with van der Waals surface area (Å²) < 4.78 is 0. The fourth-order valence-corrected chi connectivity index (χ4v) is 1.82. The van der Waals surface area contributed by atoms with Gasteiger partial charge in [0, 0.05) is 19.2 Å². The van der Waals surface area contributed by atoms with Crippen LogP contribution in [-0.2, 0) is 0 Å². The molecule has 3 N–H and O–H groups in total. The van der Waals surface area contributed by atoms with Crippen molar-refractivity contribution in [2.24, 2.45) is 5.41 Å². The van der Waals surface area contributed by atoms with E-state index < -0.39 is 10.9 Å². The van der Waals surface area contributed by atoms with Gasteiger partial charge in [0.2, 0.25) is 5.82 Å². The maximum Gasteiger partial charge on any atom is 0.354 e. The zero-order valence-electron chi connectivity index (χ0n) is 12.0. The highest BCUT2D eigenvalue weighted by Gasteiger charge is 2.22. The molecule has 1 aromatic rings. The Bertz CT molecular complexity index is 531. The molecule has 0 amide bonds. The van der Waals surface area contributed by atoms with Gasteiger partial charge in [0.1, 0.15) is 0 Å². The molecule has 1 heterocycles. The van der Waals surface area contributed by atoms with Crippen LogP contribution < -0.4 is 5.32 Å². The Kier molecular flexibility index (Phi) is 5.60. The number of carboxylic acid groups (broad SMARTS) is 1. The van der Waals surface area contributed by atoms with E-state index in [9.17, 15) is 14.9 Å². The molecule has 0 saturated heterocycles. The molecule has 1 rings (SSSR count). The average Bonchev–Trinajstić information content (AvgIpc) is 2.42. The number of rotatable bonds is 8. The van der Waals surface area contributed by atoms with Gasteiger partial charge in [-0.15, -0.1) is 0 Å². The van der Waals surface area contributed by atoms with Crippen LogP contribution in [0.25, 0.3) is 0 Å². The van der Waals surface area contributed by atoms with E-state index in [1.807, 2.05) is 13.8 Å². The van der Waals surface area contributed by atoms with Crippen LogP contribution in [-0.4, -0.2) is 39.2 Å². The molecule has 8 heteroatoms. The molecule has 0 aliphatic rings. The van der Waals surface area contributed by atoms with Crippen molar-refractivity contribution in [2.45, 2.75) is 26.7 Å². The predicted octanol–water partition coefficient (Wildman–Crippen LogP) is 1.90. The maximum absolute atomic E-state index is 10.9. The van der Waals surface area contributed by atoms with Crippen LogP contribution in [0, 0.1) is 15.5 Å². The summed E-state index contributed by atoms with van der Waals surface area (Å²) in [7, 11) is 0. The fourth-order valence-electron chi connectivity index (χ4n) is 1.82. The van der Waals surface area contributed by atoms with Crippen molar-refractivity contribution in [3.05, 3.63) is 27.9 Å². The molecule has 0 aromatic carbocycles. The Morgan fingerprint density at radius 2 is 2.14 bits per heavy atom. The van der Waals surface area contributed by atoms with E-state index in [0.717, 1.165) is 18.6 Å². The number of anilines is 1. The van der Waals surface area contributed by atoms with Crippen molar-refractivity contribution in [3.8, 4) is 0 Å². The number of hydrogen-bond donors (Lipinski definition) is 3. The number of pyridine rings is 1. The van der Waals surface area contributed by atoms with Crippen LogP contribution >= 0.6 is 0 Å². The molecular weight excluding hydrogens is 278 g/mol. The summed E-state index contributed by atoms with van der Waals surface area (Å²) in [5, 5.41) is 31.5. The van der Waals surface area contributed by atoms with Crippen LogP contribution in [0.5, 0.6) is 0 Å². The molecule has 0 aliphatic heterocycles. The zero-order chi connectivity index (χ0) is 16.0. The standard InChI is InChI=1S/C13H19N3O5/c1-13(2,6-3-7-17)8-14-11-10(16(20)21)5-4-9(15-11)12(18)19/h4-5,17H,3,6-8H2,1-2H3,(H,14,15)(H,18,19). The maximum atomic E-state index is 10.9. The lowest BCUT2D eigenvalue weighted by Crippen LogP contribution is -2.24. The number of nitrogens with one attached hydrogen (secondary N) is 1. The molecule has 116 valence electrons. The SMILES string of the molecule is CC(C)(CCCO)CNc1nc(C(=O)O)ccc1[N+](=O)[O-]. The van der Waals surface area contributed by atoms with Crippen molar-refractivity contribution in [3.63, 3.8) is 0 Å². The second-order valence-corrected chi connectivity index (χ2v) is 5.47. The number of aromatic nitrogens is 1. The summed E-state index contributed by atoms with van der Waals surface area (Å²) in [6.07, 6.45) is 1.35. The van der Waals surface area contributed by atoms with Gasteiger partial charge in [0.25, 0.3) is 0 Å². The molecule has 0 unspecified atom stereocenters.